The Labute approximate surface area is 151 Å². The molecule has 0 fully saturated rings. The van der Waals surface area contributed by atoms with Crippen molar-refractivity contribution in [2.45, 2.75) is 0 Å². The Kier molecular flexibility index (Phi) is 4.55. The van der Waals surface area contributed by atoms with Crippen molar-refractivity contribution < 1.29 is 0 Å². The molecule has 0 aromatic heterocycles. The Balaban J connectivity index is 2.05. The molecule has 0 bridgehead atoms. The summed E-state index contributed by atoms with van der Waals surface area (Å²) in [6, 6.07) is 20.8. The molecule has 0 heterocycles. The minimum absolute atomic E-state index is 0.0314. The first-order chi connectivity index (χ1) is 11.9. The number of nitrogens with two attached hydrogens (primary N) is 2. The van der Waals surface area contributed by atoms with E-state index in [4.69, 9.17) is 33.9 Å². The summed E-state index contributed by atoms with van der Waals surface area (Å²) in [6.45, 7) is 0. The molecule has 0 saturated carbocycles. The third-order valence-corrected chi connectivity index (χ3v) is 4.15. The maximum absolute atomic E-state index is 7.59. The van der Waals surface area contributed by atoms with Gasteiger partial charge >= 0.3 is 0 Å². The second kappa shape index (κ2) is 6.79. The number of halogens is 1. The minimum Gasteiger partial charge on any atom is -0.384 e. The molecule has 0 unspecified atom stereocenters. The van der Waals surface area contributed by atoms with Crippen molar-refractivity contribution in [3.63, 3.8) is 0 Å². The number of benzene rings is 3. The smallest absolute Gasteiger partial charge is 0.122 e. The lowest BCUT2D eigenvalue weighted by atomic mass is 9.97. The average Bonchev–Trinajstić information content (AvgIpc) is 2.61. The topological polar surface area (TPSA) is 99.7 Å². The van der Waals surface area contributed by atoms with Crippen molar-refractivity contribution in [3.8, 4) is 22.3 Å². The summed E-state index contributed by atoms with van der Waals surface area (Å²) in [5, 5.41) is 15.7. The van der Waals surface area contributed by atoms with Gasteiger partial charge in [-0.3, -0.25) is 10.8 Å². The number of nitrogens with one attached hydrogen (secondary N) is 2. The summed E-state index contributed by atoms with van der Waals surface area (Å²) < 4.78 is 0. The van der Waals surface area contributed by atoms with Gasteiger partial charge in [0.2, 0.25) is 0 Å². The average molecular weight is 349 g/mol. The fourth-order valence-electron chi connectivity index (χ4n) is 2.63. The fraction of sp³-hybridized carbons (Fsp3) is 0. The first kappa shape index (κ1) is 16.7. The molecule has 0 radical (unpaired) electrons. The Hall–Kier alpha value is -3.11. The van der Waals surface area contributed by atoms with Crippen molar-refractivity contribution in [2.75, 3.05) is 0 Å². The van der Waals surface area contributed by atoms with Crippen molar-refractivity contribution in [2.24, 2.45) is 11.5 Å². The second-order valence-electron chi connectivity index (χ2n) is 5.71. The number of hydrogen-bond acceptors (Lipinski definition) is 2. The van der Waals surface area contributed by atoms with Gasteiger partial charge in [-0.15, -0.1) is 0 Å². The van der Waals surface area contributed by atoms with Gasteiger partial charge in [-0.1, -0.05) is 54.1 Å². The zero-order valence-corrected chi connectivity index (χ0v) is 14.1. The molecule has 124 valence electrons. The van der Waals surface area contributed by atoms with Crippen LogP contribution in [0.4, 0.5) is 0 Å². The highest BCUT2D eigenvalue weighted by molar-refractivity contribution is 6.31. The predicted molar refractivity (Wildman–Crippen MR) is 104 cm³/mol. The van der Waals surface area contributed by atoms with E-state index in [0.717, 1.165) is 22.3 Å². The number of rotatable bonds is 4. The van der Waals surface area contributed by atoms with Crippen LogP contribution in [0.25, 0.3) is 22.3 Å². The molecule has 0 spiro atoms. The van der Waals surface area contributed by atoms with Crippen LogP contribution in [-0.2, 0) is 0 Å². The Bertz CT molecular complexity index is 962. The fourth-order valence-corrected chi connectivity index (χ4v) is 2.87. The highest BCUT2D eigenvalue weighted by Gasteiger charge is 2.07. The molecule has 0 aliphatic carbocycles. The summed E-state index contributed by atoms with van der Waals surface area (Å²) in [7, 11) is 0. The maximum atomic E-state index is 7.59. The van der Waals surface area contributed by atoms with Gasteiger partial charge in [-0.2, -0.15) is 0 Å². The van der Waals surface area contributed by atoms with E-state index in [0.29, 0.717) is 16.1 Å². The van der Waals surface area contributed by atoms with E-state index in [2.05, 4.69) is 0 Å². The molecular weight excluding hydrogens is 332 g/mol. The van der Waals surface area contributed by atoms with Gasteiger partial charge in [-0.25, -0.2) is 0 Å². The third kappa shape index (κ3) is 3.70. The van der Waals surface area contributed by atoms with E-state index < -0.39 is 0 Å². The van der Waals surface area contributed by atoms with E-state index in [9.17, 15) is 0 Å². The maximum Gasteiger partial charge on any atom is 0.122 e. The number of nitrogen functional groups attached to an aromatic ring is 2. The lowest BCUT2D eigenvalue weighted by Gasteiger charge is -2.09. The van der Waals surface area contributed by atoms with Crippen LogP contribution in [0.15, 0.2) is 66.7 Å². The summed E-state index contributed by atoms with van der Waals surface area (Å²) in [5.74, 6) is 0.0725. The number of hydrogen-bond donors (Lipinski definition) is 4. The zero-order valence-electron chi connectivity index (χ0n) is 13.4. The van der Waals surface area contributed by atoms with Crippen LogP contribution >= 0.6 is 11.6 Å². The van der Waals surface area contributed by atoms with Crippen molar-refractivity contribution in [1.29, 1.82) is 10.8 Å². The van der Waals surface area contributed by atoms with Gasteiger partial charge in [0.05, 0.1) is 0 Å². The molecular formula is C20H17ClN4. The summed E-state index contributed by atoms with van der Waals surface area (Å²) in [4.78, 5) is 0. The lowest BCUT2D eigenvalue weighted by molar-refractivity contribution is 1.42. The SMILES string of the molecule is N=C(N)c1ccc(-c2cc(Cl)cc(-c3cccc(C(=N)N)c3)c2)cc1. The number of amidine groups is 2. The molecule has 0 amide bonds. The van der Waals surface area contributed by atoms with E-state index in [1.165, 1.54) is 0 Å². The Morgan fingerprint density at radius 1 is 0.640 bits per heavy atom. The van der Waals surface area contributed by atoms with Gasteiger partial charge < -0.3 is 11.5 Å². The highest BCUT2D eigenvalue weighted by atomic mass is 35.5. The molecule has 4 nitrogen and oxygen atoms in total. The minimum atomic E-state index is 0.0314. The molecule has 25 heavy (non-hydrogen) atoms. The van der Waals surface area contributed by atoms with Crippen LogP contribution in [0.2, 0.25) is 5.02 Å². The van der Waals surface area contributed by atoms with Crippen LogP contribution in [0, 0.1) is 10.8 Å². The molecule has 6 N–H and O–H groups in total. The summed E-state index contributed by atoms with van der Waals surface area (Å²) >= 11 is 6.31. The van der Waals surface area contributed by atoms with E-state index in [1.54, 1.807) is 6.07 Å². The van der Waals surface area contributed by atoms with E-state index in [-0.39, 0.29) is 11.7 Å². The molecule has 3 rings (SSSR count). The quantitative estimate of drug-likeness (QED) is 0.418. The van der Waals surface area contributed by atoms with Crippen molar-refractivity contribution in [1.82, 2.24) is 0 Å². The molecule has 0 atom stereocenters. The summed E-state index contributed by atoms with van der Waals surface area (Å²) in [5.41, 5.74) is 16.3. The predicted octanol–water partition coefficient (Wildman–Crippen LogP) is 4.24. The highest BCUT2D eigenvalue weighted by Crippen LogP contribution is 2.30. The van der Waals surface area contributed by atoms with Crippen LogP contribution < -0.4 is 11.5 Å². The van der Waals surface area contributed by atoms with Crippen LogP contribution in [0.1, 0.15) is 11.1 Å². The van der Waals surface area contributed by atoms with Crippen LogP contribution in [0.5, 0.6) is 0 Å². The first-order valence-corrected chi connectivity index (χ1v) is 8.02. The van der Waals surface area contributed by atoms with E-state index in [1.807, 2.05) is 60.7 Å². The molecule has 0 aliphatic heterocycles. The molecule has 3 aromatic rings. The monoisotopic (exact) mass is 348 g/mol. The Morgan fingerprint density at radius 2 is 1.24 bits per heavy atom. The van der Waals surface area contributed by atoms with Gasteiger partial charge in [0.15, 0.2) is 0 Å². The van der Waals surface area contributed by atoms with Gasteiger partial charge in [0.1, 0.15) is 11.7 Å². The lowest BCUT2D eigenvalue weighted by Crippen LogP contribution is -2.10. The van der Waals surface area contributed by atoms with Crippen molar-refractivity contribution >= 4 is 23.3 Å². The summed E-state index contributed by atoms with van der Waals surface area (Å²) in [6.07, 6.45) is 0. The van der Waals surface area contributed by atoms with Gasteiger partial charge in [-0.05, 0) is 46.5 Å². The molecule has 5 heteroatoms. The second-order valence-corrected chi connectivity index (χ2v) is 6.15. The van der Waals surface area contributed by atoms with E-state index >= 15 is 0 Å². The van der Waals surface area contributed by atoms with Crippen LogP contribution in [0.3, 0.4) is 0 Å². The first-order valence-electron chi connectivity index (χ1n) is 7.64. The third-order valence-electron chi connectivity index (χ3n) is 3.93. The molecule has 3 aromatic carbocycles. The molecule has 0 saturated heterocycles. The Morgan fingerprint density at radius 3 is 1.84 bits per heavy atom. The van der Waals surface area contributed by atoms with Crippen LogP contribution in [-0.4, -0.2) is 11.7 Å². The zero-order chi connectivity index (χ0) is 18.0. The van der Waals surface area contributed by atoms with Gasteiger partial charge in [0, 0.05) is 16.1 Å². The van der Waals surface area contributed by atoms with Gasteiger partial charge in [0.25, 0.3) is 0 Å². The van der Waals surface area contributed by atoms with Crippen molar-refractivity contribution in [3.05, 3.63) is 82.9 Å². The molecule has 0 aliphatic rings. The largest absolute Gasteiger partial charge is 0.384 e. The standard InChI is InChI=1S/C20H17ClN4/c21-18-10-16(12-4-6-13(7-5-12)19(22)23)9-17(11-18)14-2-1-3-15(8-14)20(24)25/h1-11H,(H3,22,23)(H3,24,25). The normalized spacial score (nSPS) is 10.4.